The van der Waals surface area contributed by atoms with E-state index in [0.29, 0.717) is 131 Å². The van der Waals surface area contributed by atoms with E-state index in [1.807, 2.05) is 13.8 Å². The van der Waals surface area contributed by atoms with Gasteiger partial charge in [0.2, 0.25) is 5.91 Å². The minimum absolute atomic E-state index is 0.0304. The van der Waals surface area contributed by atoms with E-state index in [0.717, 1.165) is 22.5 Å². The average molecular weight is 1230 g/mol. The number of fused-ring (bicyclic) bond motifs is 2. The maximum absolute atomic E-state index is 14.3. The fourth-order valence-electron chi connectivity index (χ4n) is 10.1. The Balaban J connectivity index is 0.739. The summed E-state index contributed by atoms with van der Waals surface area (Å²) in [5.74, 6) is 0.761. The third-order valence-corrected chi connectivity index (χ3v) is 18.0. The zero-order chi connectivity index (χ0) is 61.8. The van der Waals surface area contributed by atoms with Gasteiger partial charge in [-0.25, -0.2) is 4.79 Å². The molecule has 0 spiro atoms. The van der Waals surface area contributed by atoms with E-state index in [1.165, 1.54) is 52.9 Å². The van der Waals surface area contributed by atoms with Crippen LogP contribution in [0.15, 0.2) is 65.7 Å². The number of nitrogens with one attached hydrogen (secondary N) is 1. The van der Waals surface area contributed by atoms with E-state index >= 15 is 0 Å². The SMILES string of the molecule is C=C1C[C@H]2C=Nc3cc(OCCCCCOc4cc(N)c(C(=O)N5CC(=C)C[C@H]5C5OCCN5C(=O)OCC(C)(C)SSCCC(=O)NCCCC(=O)CCOCCOCCCC(=O)CCN5C(=O)C=CC5=O)cc4OC)c(OC)cc3C(=O)N2C1. The minimum Gasteiger partial charge on any atom is -0.493 e. The fraction of sp³-hybridized carbons (Fsp3) is 0.557. The zero-order valence-electron chi connectivity index (χ0n) is 49.7. The highest BCUT2D eigenvalue weighted by Gasteiger charge is 2.45. The first-order chi connectivity index (χ1) is 41.4. The summed E-state index contributed by atoms with van der Waals surface area (Å²) in [6, 6.07) is 5.91. The molecule has 3 atom stereocenters. The molecule has 0 bridgehead atoms. The van der Waals surface area contributed by atoms with Gasteiger partial charge in [0.15, 0.2) is 29.2 Å². The summed E-state index contributed by atoms with van der Waals surface area (Å²) in [5, 5.41) is 2.86. The summed E-state index contributed by atoms with van der Waals surface area (Å²) in [4.78, 5) is 112. The van der Waals surface area contributed by atoms with Gasteiger partial charge in [-0.05, 0) is 70.9 Å². The highest BCUT2D eigenvalue weighted by atomic mass is 33.1. The predicted octanol–water partition coefficient (Wildman–Crippen LogP) is 7.07. The van der Waals surface area contributed by atoms with Gasteiger partial charge in [-0.15, -0.1) is 0 Å². The van der Waals surface area contributed by atoms with Crippen LogP contribution in [0, 0.1) is 0 Å². The summed E-state index contributed by atoms with van der Waals surface area (Å²) >= 11 is 0. The smallest absolute Gasteiger partial charge is 0.412 e. The molecule has 3 fully saturated rings. The number of anilines is 1. The number of nitrogens with two attached hydrogens (primary N) is 1. The Labute approximate surface area is 510 Å². The lowest BCUT2D eigenvalue weighted by Crippen LogP contribution is -2.51. The molecule has 7 rings (SSSR count). The number of unbranched alkanes of at least 4 members (excludes halogenated alkanes) is 2. The average Bonchev–Trinajstić information content (AvgIpc) is 2.33. The van der Waals surface area contributed by atoms with Gasteiger partial charge in [0.25, 0.3) is 23.6 Å². The Bertz CT molecular complexity index is 2860. The van der Waals surface area contributed by atoms with Crippen molar-refractivity contribution in [2.75, 3.05) is 111 Å². The topological polar surface area (TPSA) is 274 Å². The Kier molecular flexibility index (Phi) is 25.3. The number of hydrogen-bond acceptors (Lipinski definition) is 20. The minimum atomic E-state index is -0.789. The molecule has 86 heavy (non-hydrogen) atoms. The van der Waals surface area contributed by atoms with Crippen molar-refractivity contribution in [1.82, 2.24) is 24.9 Å². The molecule has 3 saturated heterocycles. The van der Waals surface area contributed by atoms with Gasteiger partial charge >= 0.3 is 6.09 Å². The van der Waals surface area contributed by atoms with Crippen LogP contribution in [-0.2, 0) is 42.9 Å². The van der Waals surface area contributed by atoms with Crippen LogP contribution in [-0.4, -0.2) is 202 Å². The molecule has 468 valence electrons. The van der Waals surface area contributed by atoms with Crippen LogP contribution in [0.25, 0.3) is 0 Å². The second-order valence-corrected chi connectivity index (χ2v) is 25.1. The molecule has 2 aromatic rings. The van der Waals surface area contributed by atoms with Crippen molar-refractivity contribution in [3.63, 3.8) is 0 Å². The first-order valence-corrected chi connectivity index (χ1v) is 31.5. The fourth-order valence-corrected chi connectivity index (χ4v) is 12.5. The van der Waals surface area contributed by atoms with Crippen molar-refractivity contribution < 1.29 is 76.3 Å². The molecule has 23 nitrogen and oxygen atoms in total. The van der Waals surface area contributed by atoms with Gasteiger partial charge in [-0.3, -0.25) is 48.4 Å². The second kappa shape index (κ2) is 32.7. The van der Waals surface area contributed by atoms with Gasteiger partial charge in [-0.1, -0.05) is 45.9 Å². The highest BCUT2D eigenvalue weighted by molar-refractivity contribution is 8.77. The number of methoxy groups -OCH3 is 2. The number of ketones is 2. The second-order valence-electron chi connectivity index (χ2n) is 22.0. The summed E-state index contributed by atoms with van der Waals surface area (Å²) in [5.41, 5.74) is 9.74. The standard InChI is InChI=1S/C61H81N7O16S2/c1-40-30-42-36-64-48-35-53(51(78-6)33-46(48)58(75)67(42)37-40)82-24-9-7-8-23-81-52-34-47(62)45(32-50(52)77-5)57(74)68-38-41(2)31-49(68)59-66(21-26-83-59)60(76)84-39-61(3,4)86-85-29-18-54(71)63-19-10-12-44(70)17-25-80-28-27-79-22-11-13-43(69)16-20-65-55(72)14-15-56(65)73/h14-15,32-36,42,49,59H,1-2,7-13,16-31,37-39,62H2,3-6H3,(H,63,71)/t42-,49-,59?/m0/s1. The van der Waals surface area contributed by atoms with Crippen LogP contribution in [0.2, 0.25) is 0 Å². The van der Waals surface area contributed by atoms with Crippen molar-refractivity contribution in [3.05, 3.63) is 71.8 Å². The van der Waals surface area contributed by atoms with E-state index in [1.54, 1.807) is 40.3 Å². The molecule has 1 unspecified atom stereocenters. The van der Waals surface area contributed by atoms with Gasteiger partial charge < -0.3 is 58.7 Å². The van der Waals surface area contributed by atoms with Crippen LogP contribution in [0.1, 0.15) is 112 Å². The van der Waals surface area contributed by atoms with E-state index in [4.69, 9.17) is 43.6 Å². The summed E-state index contributed by atoms with van der Waals surface area (Å²) in [6.45, 7) is 15.9. The van der Waals surface area contributed by atoms with Gasteiger partial charge in [-0.2, -0.15) is 0 Å². The Morgan fingerprint density at radius 3 is 2.16 bits per heavy atom. The first kappa shape index (κ1) is 66.6. The number of amides is 6. The molecule has 5 heterocycles. The maximum atomic E-state index is 14.3. The summed E-state index contributed by atoms with van der Waals surface area (Å²) in [7, 11) is 6.02. The number of rotatable bonds is 36. The number of nitrogens with zero attached hydrogens (tertiary/aromatic N) is 5. The van der Waals surface area contributed by atoms with Crippen molar-refractivity contribution >= 4 is 86.4 Å². The molecule has 6 amide bonds. The largest absolute Gasteiger partial charge is 0.493 e. The van der Waals surface area contributed by atoms with Crippen LogP contribution in [0.3, 0.4) is 0 Å². The van der Waals surface area contributed by atoms with Crippen molar-refractivity contribution in [3.8, 4) is 23.0 Å². The number of hydrogen-bond donors (Lipinski definition) is 2. The molecule has 0 radical (unpaired) electrons. The normalized spacial score (nSPS) is 18.2. The lowest BCUT2D eigenvalue weighted by atomic mass is 10.1. The van der Waals surface area contributed by atoms with E-state index in [9.17, 15) is 38.4 Å². The zero-order valence-corrected chi connectivity index (χ0v) is 51.4. The van der Waals surface area contributed by atoms with Gasteiger partial charge in [0, 0.05) is 107 Å². The predicted molar refractivity (Wildman–Crippen MR) is 325 cm³/mol. The number of aliphatic imine (C=N–C) groups is 1. The van der Waals surface area contributed by atoms with Crippen LogP contribution < -0.4 is 30.0 Å². The molecule has 25 heteroatoms. The number of benzene rings is 2. The monoisotopic (exact) mass is 1230 g/mol. The molecule has 0 aliphatic carbocycles. The highest BCUT2D eigenvalue weighted by Crippen LogP contribution is 2.40. The Morgan fingerprint density at radius 2 is 1.43 bits per heavy atom. The van der Waals surface area contributed by atoms with Crippen molar-refractivity contribution in [2.24, 2.45) is 4.99 Å². The molecule has 0 aromatic heterocycles. The number of nitrogen functional groups attached to an aromatic ring is 1. The molecular formula is C61H81N7O16S2. The third kappa shape index (κ3) is 19.0. The number of ether oxygens (including phenoxy) is 8. The van der Waals surface area contributed by atoms with Crippen LogP contribution in [0.4, 0.5) is 16.2 Å². The number of carbonyl (C=O) groups excluding carboxylic acids is 8. The lowest BCUT2D eigenvalue weighted by molar-refractivity contribution is -0.137. The number of carbonyl (C=O) groups is 8. The number of imide groups is 1. The van der Waals surface area contributed by atoms with E-state index in [-0.39, 0.29) is 112 Å². The third-order valence-electron chi connectivity index (χ3n) is 14.7. The molecule has 0 saturated carbocycles. The van der Waals surface area contributed by atoms with Gasteiger partial charge in [0.05, 0.1) is 94.1 Å². The Hall–Kier alpha value is -6.93. The number of likely N-dealkylation sites (tertiary alicyclic amines) is 1. The molecule has 2 aromatic carbocycles. The quantitative estimate of drug-likeness (QED) is 0.0227. The van der Waals surface area contributed by atoms with Crippen molar-refractivity contribution in [1.29, 1.82) is 0 Å². The van der Waals surface area contributed by atoms with Crippen LogP contribution >= 0.6 is 21.6 Å². The van der Waals surface area contributed by atoms with Crippen molar-refractivity contribution in [2.45, 2.75) is 114 Å². The van der Waals surface area contributed by atoms with Gasteiger partial charge in [0.1, 0.15) is 18.2 Å². The molecule has 3 N–H and O–H groups in total. The summed E-state index contributed by atoms with van der Waals surface area (Å²) in [6.07, 6.45) is 8.34. The summed E-state index contributed by atoms with van der Waals surface area (Å²) < 4.78 is 45.9. The first-order valence-electron chi connectivity index (χ1n) is 29.2. The molecule has 5 aliphatic heterocycles. The van der Waals surface area contributed by atoms with E-state index in [2.05, 4.69) is 23.5 Å². The number of Topliss-reactive ketones (excluding diaryl/α,β-unsaturated/α-hetero) is 2. The Morgan fingerprint density at radius 1 is 0.756 bits per heavy atom. The van der Waals surface area contributed by atoms with Crippen LogP contribution in [0.5, 0.6) is 23.0 Å². The lowest BCUT2D eigenvalue weighted by Gasteiger charge is -2.33. The molecule has 5 aliphatic rings. The van der Waals surface area contributed by atoms with E-state index < -0.39 is 34.9 Å². The maximum Gasteiger partial charge on any atom is 0.412 e. The molecular weight excluding hydrogens is 1150 g/mol.